The molecule has 0 amide bonds. The molecule has 1 N–H and O–H groups in total. The molecule has 0 aliphatic rings. The van der Waals surface area contributed by atoms with Crippen LogP contribution in [0.1, 0.15) is 412 Å². The first kappa shape index (κ1) is 97.2. The van der Waals surface area contributed by atoms with Crippen molar-refractivity contribution in [2.24, 2.45) is 0 Å². The van der Waals surface area contributed by atoms with Gasteiger partial charge in [0.25, 0.3) is 6.29 Å². The van der Waals surface area contributed by atoms with Crippen molar-refractivity contribution in [3.8, 4) is 0 Å². The molecular weight excluding hydrogens is 1250 g/mol. The summed E-state index contributed by atoms with van der Waals surface area (Å²) >= 11 is 0. The molecule has 101 heavy (non-hydrogen) atoms. The first-order valence-electron chi connectivity index (χ1n) is 43.4. The summed E-state index contributed by atoms with van der Waals surface area (Å²) in [7, 11) is 6.00. The highest BCUT2D eigenvalue weighted by atomic mass is 16.7. The average Bonchev–Trinajstić information content (AvgIpc) is 1.25. The van der Waals surface area contributed by atoms with Gasteiger partial charge in [-0.2, -0.15) is 0 Å². The van der Waals surface area contributed by atoms with Gasteiger partial charge in [0.2, 0.25) is 0 Å². The van der Waals surface area contributed by atoms with Crippen LogP contribution in [-0.4, -0.2) is 87.4 Å². The number of quaternary nitrogens is 1. The number of esters is 2. The van der Waals surface area contributed by atoms with E-state index in [1.165, 1.54) is 302 Å². The molecule has 9 nitrogen and oxygen atoms in total. The van der Waals surface area contributed by atoms with Crippen molar-refractivity contribution in [3.63, 3.8) is 0 Å². The summed E-state index contributed by atoms with van der Waals surface area (Å²) in [5.41, 5.74) is 0. The number of hydrogen-bond donors (Lipinski definition) is 1. The lowest BCUT2D eigenvalue weighted by Gasteiger charge is -2.25. The molecule has 2 unspecified atom stereocenters. The number of allylic oxidation sites excluding steroid dienone is 16. The first-order valence-corrected chi connectivity index (χ1v) is 43.4. The van der Waals surface area contributed by atoms with E-state index in [0.29, 0.717) is 17.4 Å². The van der Waals surface area contributed by atoms with Gasteiger partial charge in [-0.1, -0.05) is 400 Å². The van der Waals surface area contributed by atoms with Crippen LogP contribution in [0.5, 0.6) is 0 Å². The molecule has 586 valence electrons. The van der Waals surface area contributed by atoms with E-state index in [2.05, 4.69) is 111 Å². The van der Waals surface area contributed by atoms with E-state index in [1.807, 2.05) is 21.1 Å². The van der Waals surface area contributed by atoms with Crippen LogP contribution in [0.3, 0.4) is 0 Å². The summed E-state index contributed by atoms with van der Waals surface area (Å²) in [5.74, 6) is -1.98. The van der Waals surface area contributed by atoms with Gasteiger partial charge in [0, 0.05) is 12.8 Å². The summed E-state index contributed by atoms with van der Waals surface area (Å²) in [4.78, 5) is 37.8. The minimum Gasteiger partial charge on any atom is -0.477 e. The van der Waals surface area contributed by atoms with Crippen LogP contribution in [0.15, 0.2) is 97.2 Å². The average molecular weight is 1410 g/mol. The van der Waals surface area contributed by atoms with Crippen LogP contribution in [0.4, 0.5) is 0 Å². The Kier molecular flexibility index (Phi) is 78.8. The summed E-state index contributed by atoms with van der Waals surface area (Å²) in [6.45, 7) is 4.82. The van der Waals surface area contributed by atoms with E-state index >= 15 is 0 Å². The zero-order chi connectivity index (χ0) is 73.2. The maximum atomic E-state index is 13.0. The molecule has 0 aromatic rings. The van der Waals surface area contributed by atoms with E-state index < -0.39 is 18.4 Å². The molecule has 0 fully saturated rings. The van der Waals surface area contributed by atoms with Gasteiger partial charge in [-0.15, -0.1) is 0 Å². The van der Waals surface area contributed by atoms with E-state index in [-0.39, 0.29) is 38.2 Å². The minimum absolute atomic E-state index is 0.180. The van der Waals surface area contributed by atoms with Crippen molar-refractivity contribution in [3.05, 3.63) is 97.2 Å². The number of nitrogens with zero attached hydrogens (tertiary/aromatic N) is 1. The Morgan fingerprint density at radius 3 is 0.851 bits per heavy atom. The molecule has 0 bridgehead atoms. The normalized spacial score (nSPS) is 13.1. The van der Waals surface area contributed by atoms with Crippen molar-refractivity contribution in [2.75, 3.05) is 47.5 Å². The minimum atomic E-state index is -1.51. The zero-order valence-electron chi connectivity index (χ0n) is 67.3. The first-order chi connectivity index (χ1) is 49.6. The molecule has 0 saturated heterocycles. The van der Waals surface area contributed by atoms with Crippen LogP contribution < -0.4 is 0 Å². The quantitative estimate of drug-likeness (QED) is 0.0211. The molecule has 0 heterocycles. The molecule has 9 heteroatoms. The lowest BCUT2D eigenvalue weighted by atomic mass is 10.0. The second kappa shape index (κ2) is 81.9. The van der Waals surface area contributed by atoms with Gasteiger partial charge in [-0.3, -0.25) is 9.59 Å². The molecule has 2 atom stereocenters. The van der Waals surface area contributed by atoms with Crippen molar-refractivity contribution in [1.29, 1.82) is 0 Å². The number of carbonyl (C=O) groups excluding carboxylic acids is 2. The Morgan fingerprint density at radius 1 is 0.307 bits per heavy atom. The fraction of sp³-hybridized carbons (Fsp3) is 0.793. The maximum Gasteiger partial charge on any atom is 0.361 e. The summed E-state index contributed by atoms with van der Waals surface area (Å²) in [6.07, 6.45) is 112. The number of ether oxygens (including phenoxy) is 4. The monoisotopic (exact) mass is 1410 g/mol. The van der Waals surface area contributed by atoms with Gasteiger partial charge in [0.15, 0.2) is 6.10 Å². The fourth-order valence-electron chi connectivity index (χ4n) is 12.8. The molecule has 0 aromatic carbocycles. The topological polar surface area (TPSA) is 108 Å². The highest BCUT2D eigenvalue weighted by Gasteiger charge is 2.25. The Balaban J connectivity index is 3.96. The number of aliphatic carboxylic acids is 1. The third-order valence-corrected chi connectivity index (χ3v) is 19.3. The predicted octanol–water partition coefficient (Wildman–Crippen LogP) is 28.3. The molecule has 0 rings (SSSR count). The Morgan fingerprint density at radius 2 is 0.564 bits per heavy atom. The van der Waals surface area contributed by atoms with E-state index in [4.69, 9.17) is 18.9 Å². The maximum absolute atomic E-state index is 13.0. The lowest BCUT2D eigenvalue weighted by Crippen LogP contribution is -2.40. The van der Waals surface area contributed by atoms with Crippen molar-refractivity contribution >= 4 is 17.9 Å². The Labute approximate surface area is 626 Å². The highest BCUT2D eigenvalue weighted by molar-refractivity contribution is 5.71. The smallest absolute Gasteiger partial charge is 0.361 e. The largest absolute Gasteiger partial charge is 0.477 e. The van der Waals surface area contributed by atoms with Crippen molar-refractivity contribution in [2.45, 2.75) is 424 Å². The van der Waals surface area contributed by atoms with E-state index in [9.17, 15) is 19.5 Å². The second-order valence-electron chi connectivity index (χ2n) is 30.5. The van der Waals surface area contributed by atoms with Gasteiger partial charge < -0.3 is 28.5 Å². The number of unbranched alkanes of at least 4 members (excludes halogenated alkanes) is 50. The predicted molar refractivity (Wildman–Crippen MR) is 438 cm³/mol. The summed E-state index contributed by atoms with van der Waals surface area (Å²) in [6, 6.07) is 0. The van der Waals surface area contributed by atoms with Gasteiger partial charge >= 0.3 is 17.9 Å². The molecule has 0 radical (unpaired) electrons. The third-order valence-electron chi connectivity index (χ3n) is 19.3. The number of hydrogen-bond acceptors (Lipinski definition) is 7. The molecule has 0 aliphatic heterocycles. The zero-order valence-corrected chi connectivity index (χ0v) is 67.3. The molecular formula is C92H166NO8+. The summed E-state index contributed by atoms with van der Waals surface area (Å²) < 4.78 is 23.1. The van der Waals surface area contributed by atoms with Crippen LogP contribution in [0.25, 0.3) is 0 Å². The van der Waals surface area contributed by atoms with Gasteiger partial charge in [-0.05, 0) is 96.3 Å². The molecule has 0 saturated carbocycles. The van der Waals surface area contributed by atoms with Crippen molar-refractivity contribution < 1.29 is 42.9 Å². The number of rotatable bonds is 81. The molecule has 0 aliphatic carbocycles. The summed E-state index contributed by atoms with van der Waals surface area (Å²) in [5, 5.41) is 9.79. The van der Waals surface area contributed by atoms with Crippen LogP contribution in [0.2, 0.25) is 0 Å². The van der Waals surface area contributed by atoms with Crippen molar-refractivity contribution in [1.82, 2.24) is 0 Å². The van der Waals surface area contributed by atoms with Gasteiger partial charge in [-0.25, -0.2) is 4.79 Å². The number of likely N-dealkylation sites (N-methyl/N-ethyl adjacent to an activating group) is 1. The fourth-order valence-corrected chi connectivity index (χ4v) is 12.8. The molecule has 0 aromatic heterocycles. The standard InChI is InChI=1S/C92H165NO8/c1-6-8-10-12-14-16-18-20-22-24-26-28-30-32-34-36-38-40-42-44-45-47-48-50-52-54-56-58-60-62-64-66-68-70-72-74-76-78-80-82-89(94)99-86-88(87-100-92(91(96)97)98-85-84-93(3,4)5)101-90(95)83-81-79-77-75-73-71-69-67-65-63-61-59-57-55-53-51-49-46-43-41-39-37-35-33-31-29-27-25-23-21-19-17-15-13-11-9-7-2/h9,11,15,17,21,23-24,26-27,29,33,35,39,41,46,49,88,92H,6-8,10,12-14,16,18-20,22,25,28,30-32,34,36-38,40,42-45,47-48,50-87H2,1-5H3/p+1/b11-9-,17-15-,23-21-,26-24-,29-27-,35-33-,41-39-,49-46-. The van der Waals surface area contributed by atoms with Gasteiger partial charge in [0.05, 0.1) is 34.4 Å². The van der Waals surface area contributed by atoms with Crippen LogP contribution in [-0.2, 0) is 33.3 Å². The van der Waals surface area contributed by atoms with Gasteiger partial charge in [0.1, 0.15) is 13.2 Å². The van der Waals surface area contributed by atoms with Crippen LogP contribution >= 0.6 is 0 Å². The lowest BCUT2D eigenvalue weighted by molar-refractivity contribution is -0.870. The third kappa shape index (κ3) is 83.4. The number of carboxylic acids is 1. The Bertz CT molecular complexity index is 1990. The molecule has 0 spiro atoms. The van der Waals surface area contributed by atoms with E-state index in [1.54, 1.807) is 0 Å². The second-order valence-corrected chi connectivity index (χ2v) is 30.5. The highest BCUT2D eigenvalue weighted by Crippen LogP contribution is 2.20. The number of carboxylic acid groups (broad SMARTS) is 1. The van der Waals surface area contributed by atoms with E-state index in [0.717, 1.165) is 83.5 Å². The van der Waals surface area contributed by atoms with Crippen LogP contribution in [0, 0.1) is 0 Å². The number of carbonyl (C=O) groups is 3. The SMILES string of the molecule is CC/C=C\C/C=C\C/C=C\C/C=C\C/C=C\C/C=C\C/C=C\CCCCCCCCCCCCCCCCCC(=O)OC(COC(=O)CCCCCCCCCCCCCCCCCCCCCCCCCCCCC/C=C\CCCCCCCCCC)COC(OCC[N+](C)(C)C)C(=O)O. The Hall–Kier alpha value is -3.79.